The molecule has 0 radical (unpaired) electrons. The molecule has 0 saturated heterocycles. The Morgan fingerprint density at radius 1 is 1.00 bits per heavy atom. The van der Waals surface area contributed by atoms with E-state index in [2.05, 4.69) is 71.0 Å². The van der Waals surface area contributed by atoms with Crippen LogP contribution in [0.3, 0.4) is 0 Å². The summed E-state index contributed by atoms with van der Waals surface area (Å²) in [6.07, 6.45) is 3.73. The molecule has 2 atom stereocenters. The first kappa shape index (κ1) is 29.2. The standard InChI is InChI=1S/C36H39N5O3/c1-21-7-6-15-37-28-11-13-31(33-23(3)40-44-24(33)4)27(18-28)20-41(5)36(43)34(26-9-12-30(21)22(2)17-26)39-29-10-8-25-14-16-38-35(42)32(25)19-29/h8-14,16-19,21,34,37,39H,6-7,15,20H2,1-5H3,(H,38,42)/t21-,34+/m0/s1. The highest BCUT2D eigenvalue weighted by molar-refractivity contribution is 5.89. The van der Waals surface area contributed by atoms with Gasteiger partial charge in [0.05, 0.1) is 5.69 Å². The molecule has 0 saturated carbocycles. The zero-order valence-corrected chi connectivity index (χ0v) is 26.0. The highest BCUT2D eigenvalue weighted by atomic mass is 16.5. The fourth-order valence-electron chi connectivity index (χ4n) is 6.45. The Kier molecular flexibility index (Phi) is 7.99. The van der Waals surface area contributed by atoms with Gasteiger partial charge < -0.3 is 25.0 Å². The van der Waals surface area contributed by atoms with Crippen molar-refractivity contribution in [1.29, 1.82) is 0 Å². The average Bonchev–Trinajstić information content (AvgIpc) is 3.34. The first-order chi connectivity index (χ1) is 21.2. The third-order valence-corrected chi connectivity index (χ3v) is 8.83. The number of hydrogen-bond acceptors (Lipinski definition) is 6. The van der Waals surface area contributed by atoms with Crippen LogP contribution in [0, 0.1) is 20.8 Å². The summed E-state index contributed by atoms with van der Waals surface area (Å²) in [5.41, 5.74) is 8.67. The minimum Gasteiger partial charge on any atom is -0.385 e. The van der Waals surface area contributed by atoms with E-state index in [1.54, 1.807) is 11.1 Å². The largest absolute Gasteiger partial charge is 0.385 e. The minimum absolute atomic E-state index is 0.0811. The van der Waals surface area contributed by atoms with Gasteiger partial charge in [0.1, 0.15) is 11.8 Å². The second-order valence-electron chi connectivity index (χ2n) is 12.0. The molecular weight excluding hydrogens is 550 g/mol. The van der Waals surface area contributed by atoms with Crippen molar-refractivity contribution >= 4 is 28.1 Å². The lowest BCUT2D eigenvalue weighted by Gasteiger charge is -2.28. The van der Waals surface area contributed by atoms with Gasteiger partial charge in [-0.05, 0) is 103 Å². The number of nitrogens with zero attached hydrogens (tertiary/aromatic N) is 2. The van der Waals surface area contributed by atoms with Crippen LogP contribution < -0.4 is 16.2 Å². The number of benzene rings is 3. The van der Waals surface area contributed by atoms with Gasteiger partial charge in [-0.2, -0.15) is 0 Å². The normalized spacial score (nSPS) is 17.6. The third-order valence-electron chi connectivity index (χ3n) is 8.83. The number of carbonyl (C=O) groups is 1. The summed E-state index contributed by atoms with van der Waals surface area (Å²) in [5.74, 6) is 1.05. The lowest BCUT2D eigenvalue weighted by atomic mass is 9.89. The highest BCUT2D eigenvalue weighted by Crippen LogP contribution is 2.34. The second kappa shape index (κ2) is 12.0. The maximum atomic E-state index is 14.4. The van der Waals surface area contributed by atoms with Crippen LogP contribution in [0.5, 0.6) is 0 Å². The van der Waals surface area contributed by atoms with Gasteiger partial charge >= 0.3 is 0 Å². The number of nitrogens with one attached hydrogen (secondary N) is 3. The number of aromatic amines is 1. The third kappa shape index (κ3) is 5.72. The van der Waals surface area contributed by atoms with Gasteiger partial charge in [0, 0.05) is 48.7 Å². The first-order valence-corrected chi connectivity index (χ1v) is 15.2. The molecule has 8 heteroatoms. The van der Waals surface area contributed by atoms with Crippen molar-refractivity contribution in [2.75, 3.05) is 24.2 Å². The zero-order valence-electron chi connectivity index (χ0n) is 26.0. The van der Waals surface area contributed by atoms with E-state index < -0.39 is 6.04 Å². The van der Waals surface area contributed by atoms with E-state index >= 15 is 0 Å². The lowest BCUT2D eigenvalue weighted by molar-refractivity contribution is -0.131. The predicted molar refractivity (Wildman–Crippen MR) is 176 cm³/mol. The summed E-state index contributed by atoms with van der Waals surface area (Å²) < 4.78 is 5.51. The van der Waals surface area contributed by atoms with E-state index in [0.717, 1.165) is 69.7 Å². The lowest BCUT2D eigenvalue weighted by Crippen LogP contribution is -2.35. The number of anilines is 2. The molecule has 44 heavy (non-hydrogen) atoms. The van der Waals surface area contributed by atoms with Gasteiger partial charge in [0.25, 0.3) is 5.56 Å². The molecule has 2 aliphatic heterocycles. The Labute approximate surface area is 257 Å². The van der Waals surface area contributed by atoms with Crippen molar-refractivity contribution in [1.82, 2.24) is 15.0 Å². The van der Waals surface area contributed by atoms with Crippen molar-refractivity contribution in [3.8, 4) is 11.1 Å². The van der Waals surface area contributed by atoms with Crippen LogP contribution in [-0.4, -0.2) is 34.5 Å². The average molecular weight is 590 g/mol. The molecule has 0 aliphatic carbocycles. The SMILES string of the molecule is Cc1cc2ccc1[C@@H](C)CCCNc1ccc(-c3c(C)noc3C)c(c1)CN(C)C(=O)[C@@H]2Nc1ccc2cc[nH]c(=O)c2c1. The first-order valence-electron chi connectivity index (χ1n) is 15.2. The van der Waals surface area contributed by atoms with Crippen LogP contribution in [-0.2, 0) is 11.3 Å². The summed E-state index contributed by atoms with van der Waals surface area (Å²) in [6, 6.07) is 19.5. The quantitative estimate of drug-likeness (QED) is 0.205. The molecule has 2 aliphatic rings. The van der Waals surface area contributed by atoms with Crippen molar-refractivity contribution in [3.63, 3.8) is 0 Å². The number of aryl methyl sites for hydroxylation is 3. The molecule has 3 N–H and O–H groups in total. The minimum atomic E-state index is -0.667. The number of rotatable bonds is 3. The van der Waals surface area contributed by atoms with Crippen LogP contribution in [0.4, 0.5) is 11.4 Å². The van der Waals surface area contributed by atoms with Gasteiger partial charge in [-0.1, -0.05) is 42.4 Å². The summed E-state index contributed by atoms with van der Waals surface area (Å²) in [4.78, 5) is 31.5. The van der Waals surface area contributed by atoms with Crippen molar-refractivity contribution < 1.29 is 9.32 Å². The number of hydrogen-bond donors (Lipinski definition) is 3. The van der Waals surface area contributed by atoms with E-state index in [1.165, 1.54) is 5.56 Å². The Balaban J connectivity index is 1.43. The monoisotopic (exact) mass is 589 g/mol. The fraction of sp³-hybridized carbons (Fsp3) is 0.306. The van der Waals surface area contributed by atoms with Crippen LogP contribution in [0.25, 0.3) is 21.9 Å². The van der Waals surface area contributed by atoms with Gasteiger partial charge in [0.2, 0.25) is 5.91 Å². The number of fused-ring (bicyclic) bond motifs is 10. The maximum Gasteiger partial charge on any atom is 0.255 e. The second-order valence-corrected chi connectivity index (χ2v) is 12.0. The van der Waals surface area contributed by atoms with E-state index in [4.69, 9.17) is 4.52 Å². The summed E-state index contributed by atoms with van der Waals surface area (Å²) >= 11 is 0. The Hall–Kier alpha value is -4.85. The summed E-state index contributed by atoms with van der Waals surface area (Å²) in [7, 11) is 1.84. The molecule has 1 amide bonds. The molecule has 8 nitrogen and oxygen atoms in total. The molecule has 0 fully saturated rings. The smallest absolute Gasteiger partial charge is 0.255 e. The van der Waals surface area contributed by atoms with Crippen molar-refractivity contribution in [3.05, 3.63) is 111 Å². The van der Waals surface area contributed by atoms with Gasteiger partial charge in [-0.3, -0.25) is 9.59 Å². The van der Waals surface area contributed by atoms with Crippen LogP contribution in [0.2, 0.25) is 0 Å². The molecule has 5 aromatic rings. The molecular formula is C36H39N5O3. The molecule has 0 unspecified atom stereocenters. The number of pyridine rings is 1. The molecule has 2 aromatic heterocycles. The maximum absolute atomic E-state index is 14.4. The number of amides is 1. The van der Waals surface area contributed by atoms with E-state index in [0.29, 0.717) is 23.5 Å². The van der Waals surface area contributed by atoms with Gasteiger partial charge in [0.15, 0.2) is 0 Å². The fourth-order valence-corrected chi connectivity index (χ4v) is 6.45. The van der Waals surface area contributed by atoms with Crippen molar-refractivity contribution in [2.45, 2.75) is 59.0 Å². The number of H-pyrrole nitrogens is 1. The molecule has 4 heterocycles. The molecule has 4 bridgehead atoms. The summed E-state index contributed by atoms with van der Waals surface area (Å²) in [5, 5.41) is 12.7. The molecule has 226 valence electrons. The number of aromatic nitrogens is 2. The van der Waals surface area contributed by atoms with Gasteiger partial charge in [-0.15, -0.1) is 0 Å². The zero-order chi connectivity index (χ0) is 31.0. The van der Waals surface area contributed by atoms with E-state index in [-0.39, 0.29) is 11.5 Å². The number of carbonyl (C=O) groups excluding carboxylic acids is 1. The van der Waals surface area contributed by atoms with E-state index in [1.807, 2.05) is 45.2 Å². The highest BCUT2D eigenvalue weighted by Gasteiger charge is 2.27. The topological polar surface area (TPSA) is 103 Å². The van der Waals surface area contributed by atoms with E-state index in [9.17, 15) is 9.59 Å². The molecule has 3 aromatic carbocycles. The Morgan fingerprint density at radius 2 is 1.84 bits per heavy atom. The predicted octanol–water partition coefficient (Wildman–Crippen LogP) is 7.23. The van der Waals surface area contributed by atoms with Crippen LogP contribution in [0.15, 0.2) is 76.2 Å². The Bertz CT molecular complexity index is 1890. The van der Waals surface area contributed by atoms with Crippen LogP contribution in [0.1, 0.15) is 65.4 Å². The molecule has 0 spiro atoms. The van der Waals surface area contributed by atoms with Gasteiger partial charge in [-0.25, -0.2) is 0 Å². The van der Waals surface area contributed by atoms with Crippen molar-refractivity contribution in [2.24, 2.45) is 0 Å². The molecule has 7 rings (SSSR count). The number of likely N-dealkylation sites (N-methyl/N-ethyl adjacent to an activating group) is 1. The summed E-state index contributed by atoms with van der Waals surface area (Å²) in [6.45, 7) is 9.50. The van der Waals surface area contributed by atoms with Crippen LogP contribution >= 0.6 is 0 Å². The Morgan fingerprint density at radius 3 is 2.61 bits per heavy atom.